The molecule has 2 unspecified atom stereocenters. The molecular formula is C68H72N8O11S2. The first-order chi connectivity index (χ1) is 43.5. The predicted octanol–water partition coefficient (Wildman–Crippen LogP) is 8.81. The normalized spacial score (nSPS) is 12.4. The Morgan fingerprint density at radius 1 is 0.618 bits per heavy atom. The van der Waals surface area contributed by atoms with Crippen molar-refractivity contribution in [2.75, 3.05) is 71.7 Å². The van der Waals surface area contributed by atoms with Crippen LogP contribution in [-0.4, -0.2) is 113 Å². The molecule has 0 aliphatic heterocycles. The lowest BCUT2D eigenvalue weighted by Crippen LogP contribution is -2.47. The molecule has 2 heterocycles. The van der Waals surface area contributed by atoms with Crippen LogP contribution in [0.3, 0.4) is 0 Å². The number of alkyl carbamates (subject to hydrolysis) is 1. The van der Waals surface area contributed by atoms with E-state index in [0.717, 1.165) is 38.9 Å². The molecule has 0 saturated carbocycles. The lowest BCUT2D eigenvalue weighted by molar-refractivity contribution is -0.142. The number of methoxy groups -OCH3 is 1. The Labute approximate surface area is 522 Å². The number of aromatic nitrogens is 3. The molecule has 0 saturated heterocycles. The van der Waals surface area contributed by atoms with Gasteiger partial charge in [0.05, 0.1) is 48.8 Å². The van der Waals surface area contributed by atoms with Crippen LogP contribution in [0.4, 0.5) is 10.7 Å². The molecule has 21 heteroatoms. The van der Waals surface area contributed by atoms with Crippen molar-refractivity contribution in [3.05, 3.63) is 250 Å². The molecule has 89 heavy (non-hydrogen) atoms. The number of carbonyl (C=O) groups excluding carboxylic acids is 3. The number of pyridine rings is 1. The highest BCUT2D eigenvalue weighted by molar-refractivity contribution is 7.83. The largest absolute Gasteiger partial charge is 0.468 e. The van der Waals surface area contributed by atoms with Crippen molar-refractivity contribution in [2.24, 2.45) is 7.05 Å². The van der Waals surface area contributed by atoms with E-state index in [9.17, 15) is 27.6 Å². The van der Waals surface area contributed by atoms with Crippen LogP contribution in [0.15, 0.2) is 221 Å². The van der Waals surface area contributed by atoms with Crippen LogP contribution < -0.4 is 30.8 Å². The number of benzene rings is 7. The molecule has 5 N–H and O–H groups in total. The Balaban J connectivity index is 0.701. The van der Waals surface area contributed by atoms with Gasteiger partial charge in [0.15, 0.2) is 0 Å². The molecule has 7 aromatic carbocycles. The van der Waals surface area contributed by atoms with E-state index in [4.69, 9.17) is 28.7 Å². The van der Waals surface area contributed by atoms with Crippen molar-refractivity contribution < 1.29 is 46.5 Å². The summed E-state index contributed by atoms with van der Waals surface area (Å²) in [6.45, 7) is 3.82. The number of rotatable bonds is 33. The summed E-state index contributed by atoms with van der Waals surface area (Å²) in [4.78, 5) is 58.3. The van der Waals surface area contributed by atoms with E-state index < -0.39 is 57.0 Å². The molecular weight excluding hydrogens is 1170 g/mol. The minimum absolute atomic E-state index is 0.137. The quantitative estimate of drug-likeness (QED) is 0.0147. The summed E-state index contributed by atoms with van der Waals surface area (Å²) in [6, 6.07) is 58.8. The van der Waals surface area contributed by atoms with Crippen LogP contribution in [0.1, 0.15) is 51.0 Å². The van der Waals surface area contributed by atoms with Gasteiger partial charge < -0.3 is 44.2 Å². The lowest BCUT2D eigenvalue weighted by Gasteiger charge is -2.38. The third-order valence-corrected chi connectivity index (χ3v) is 17.0. The molecule has 462 valence electrons. The number of nitrogens with zero attached hydrogens (tertiary/aromatic N) is 3. The van der Waals surface area contributed by atoms with Gasteiger partial charge in [0, 0.05) is 70.4 Å². The van der Waals surface area contributed by atoms with Crippen LogP contribution in [0.25, 0.3) is 22.0 Å². The fourth-order valence-electron chi connectivity index (χ4n) is 10.1. The number of anilines is 1. The minimum atomic E-state index is -1.92. The van der Waals surface area contributed by atoms with Crippen LogP contribution in [-0.2, 0) is 76.2 Å². The van der Waals surface area contributed by atoms with Gasteiger partial charge in [-0.15, -0.1) is 0 Å². The Hall–Kier alpha value is -8.93. The van der Waals surface area contributed by atoms with Crippen molar-refractivity contribution >= 4 is 56.8 Å². The van der Waals surface area contributed by atoms with Crippen LogP contribution in [0.5, 0.6) is 0 Å². The number of hydrogen-bond donors (Lipinski definition) is 5. The van der Waals surface area contributed by atoms with E-state index in [1.807, 2.05) is 115 Å². The summed E-state index contributed by atoms with van der Waals surface area (Å²) >= 11 is 0. The zero-order chi connectivity index (χ0) is 62.2. The van der Waals surface area contributed by atoms with Crippen molar-refractivity contribution in [3.63, 3.8) is 0 Å². The van der Waals surface area contributed by atoms with Gasteiger partial charge in [0.25, 0.3) is 5.91 Å². The topological polar surface area (TPSA) is 231 Å². The second-order valence-corrected chi connectivity index (χ2v) is 23.1. The number of hydrogen-bond acceptors (Lipinski definition) is 13. The molecule has 9 aromatic rings. The van der Waals surface area contributed by atoms with E-state index in [0.29, 0.717) is 98.8 Å². The summed E-state index contributed by atoms with van der Waals surface area (Å²) in [5.41, 5.74) is 5.78. The molecule has 0 radical (unpaired) electrons. The number of fused-ring (bicyclic) bond motifs is 1. The van der Waals surface area contributed by atoms with E-state index >= 15 is 0 Å². The fraction of sp³-hybridized carbons (Fsp3) is 0.250. The zero-order valence-electron chi connectivity index (χ0n) is 49.5. The highest BCUT2D eigenvalue weighted by Gasteiger charge is 2.40. The smallest absolute Gasteiger partial charge is 0.407 e. The van der Waals surface area contributed by atoms with Crippen LogP contribution in [0, 0.1) is 0 Å². The number of carbonyl (C=O) groups is 3. The van der Waals surface area contributed by atoms with Gasteiger partial charge in [-0.2, -0.15) is 0 Å². The van der Waals surface area contributed by atoms with Crippen molar-refractivity contribution in [1.29, 1.82) is 0 Å². The maximum atomic E-state index is 14.0. The summed E-state index contributed by atoms with van der Waals surface area (Å²) in [7, 11) is -0.422. The van der Waals surface area contributed by atoms with Gasteiger partial charge in [-0.1, -0.05) is 152 Å². The number of aryl methyl sites for hydroxylation is 1. The first-order valence-electron chi connectivity index (χ1n) is 29.2. The molecule has 0 bridgehead atoms. The third kappa shape index (κ3) is 17.2. The van der Waals surface area contributed by atoms with Gasteiger partial charge in [0.2, 0.25) is 11.4 Å². The minimum Gasteiger partial charge on any atom is -0.468 e. The Morgan fingerprint density at radius 3 is 1.73 bits per heavy atom. The number of nitrogens with one attached hydrogen (secondary N) is 5. The van der Waals surface area contributed by atoms with E-state index in [-0.39, 0.29) is 18.7 Å². The molecule has 0 aliphatic carbocycles. The number of amides is 2. The SMILES string of the molecule is COC(=O)[C@H](CNC(=O)c1cn(C)c2cc(CNc3nccn3C(c3ccccc3)(c3ccccc3)c3ccccc3)ccc2c1=O)NS(=O)c1ccc(-c2ccc(S(=O)NCCCOCCOCCOCCCNC(=O)OCc3ccccc3)cc2)cc1. The number of ether oxygens (including phenoxy) is 5. The molecule has 19 nitrogen and oxygen atoms in total. The van der Waals surface area contributed by atoms with Crippen molar-refractivity contribution in [1.82, 2.24) is 34.2 Å². The van der Waals surface area contributed by atoms with Gasteiger partial charge in [0.1, 0.15) is 45.7 Å². The van der Waals surface area contributed by atoms with Gasteiger partial charge >= 0.3 is 12.1 Å². The molecule has 9 rings (SSSR count). The molecule has 2 aromatic heterocycles. The number of esters is 1. The average molecular weight is 1240 g/mol. The predicted molar refractivity (Wildman–Crippen MR) is 344 cm³/mol. The Kier molecular flexibility index (Phi) is 23.8. The molecule has 2 amide bonds. The van der Waals surface area contributed by atoms with Crippen LogP contribution in [0.2, 0.25) is 0 Å². The summed E-state index contributed by atoms with van der Waals surface area (Å²) < 4.78 is 63.2. The highest BCUT2D eigenvalue weighted by Crippen LogP contribution is 2.42. The Bertz CT molecular complexity index is 3750. The van der Waals surface area contributed by atoms with Crippen molar-refractivity contribution in [3.8, 4) is 11.1 Å². The van der Waals surface area contributed by atoms with Gasteiger partial charge in [-0.05, 0) is 88.2 Å². The monoisotopic (exact) mass is 1240 g/mol. The first kappa shape index (κ1) is 64.5. The molecule has 0 aliphatic rings. The molecule has 3 atom stereocenters. The van der Waals surface area contributed by atoms with E-state index in [2.05, 4.69) is 66.4 Å². The Morgan fingerprint density at radius 2 is 1.16 bits per heavy atom. The molecule has 0 fully saturated rings. The highest BCUT2D eigenvalue weighted by atomic mass is 32.2. The standard InChI is InChI=1S/C68H72N8O11S2/c1-75-48-60(63(77)59-34-25-51(45-62(59)75)46-72-66-69-37-38-76(66)68(54-19-9-4-10-20-54,55-21-11-5-12-22-55)56-23-13-6-14-24-56)64(78)71-47-61(65(79)83-2)74-89(82)58-32-28-53(29-33-58)52-26-30-57(31-27-52)88(81)73-36-16-40-85-42-44-86-43-41-84-39-15-35-70-67(80)87-49-50-17-7-3-8-18-50/h3-14,17-34,37-38,45,48,61,73-74H,15-16,35-36,39-44,46-47,49H2,1-2H3,(H,69,72)(H,70,80)(H,71,78)/t61-,88?,89?/m0/s1. The first-order valence-corrected chi connectivity index (χ1v) is 31.5. The third-order valence-electron chi connectivity index (χ3n) is 14.6. The van der Waals surface area contributed by atoms with Crippen LogP contribution >= 0.6 is 0 Å². The summed E-state index contributed by atoms with van der Waals surface area (Å²) in [5.74, 6) is -0.859. The second-order valence-electron chi connectivity index (χ2n) is 20.5. The van der Waals surface area contributed by atoms with E-state index in [1.165, 1.54) is 13.3 Å². The summed E-state index contributed by atoms with van der Waals surface area (Å²) in [5, 5.41) is 9.26. The van der Waals surface area contributed by atoms with E-state index in [1.54, 1.807) is 60.3 Å². The van der Waals surface area contributed by atoms with Crippen molar-refractivity contribution in [2.45, 2.75) is 47.4 Å². The lowest BCUT2D eigenvalue weighted by atomic mass is 9.76. The fourth-order valence-corrected chi connectivity index (χ4v) is 11.9. The maximum Gasteiger partial charge on any atom is 0.407 e. The zero-order valence-corrected chi connectivity index (χ0v) is 51.2. The maximum absolute atomic E-state index is 14.0. The van der Waals surface area contributed by atoms with Gasteiger partial charge in [-0.3, -0.25) is 19.0 Å². The average Bonchev–Trinajstić information content (AvgIpc) is 1.76. The molecule has 0 spiro atoms. The number of imidazole rings is 1. The van der Waals surface area contributed by atoms with Gasteiger partial charge in [-0.25, -0.2) is 27.6 Å². The summed E-state index contributed by atoms with van der Waals surface area (Å²) in [6.07, 6.45) is 6.05. The second kappa shape index (κ2) is 32.9.